The molecule has 0 spiro atoms. The van der Waals surface area contributed by atoms with Gasteiger partial charge in [-0.25, -0.2) is 0 Å². The fourth-order valence-corrected chi connectivity index (χ4v) is 2.65. The second-order valence-corrected chi connectivity index (χ2v) is 5.42. The molecule has 3 heteroatoms. The molecule has 1 aliphatic heterocycles. The predicted molar refractivity (Wildman–Crippen MR) is 77.8 cm³/mol. The largest absolute Gasteiger partial charge is 0.322 e. The number of carbonyl (C=O) groups excluding carboxylic acids is 1. The SMILES string of the molecule is CCc1ccc(C2NC(C)(CC)C(=O)N2CC)cc1. The summed E-state index contributed by atoms with van der Waals surface area (Å²) < 4.78 is 0. The summed E-state index contributed by atoms with van der Waals surface area (Å²) in [5.41, 5.74) is 2.07. The van der Waals surface area contributed by atoms with Gasteiger partial charge in [-0.1, -0.05) is 38.1 Å². The van der Waals surface area contributed by atoms with E-state index in [1.165, 1.54) is 11.1 Å². The second kappa shape index (κ2) is 5.33. The molecule has 1 aliphatic rings. The molecule has 1 aromatic rings. The summed E-state index contributed by atoms with van der Waals surface area (Å²) in [5.74, 6) is 0.210. The second-order valence-electron chi connectivity index (χ2n) is 5.42. The van der Waals surface area contributed by atoms with Crippen molar-refractivity contribution in [1.82, 2.24) is 10.2 Å². The molecule has 3 nitrogen and oxygen atoms in total. The number of carbonyl (C=O) groups is 1. The van der Waals surface area contributed by atoms with Gasteiger partial charge >= 0.3 is 0 Å². The number of likely N-dealkylation sites (N-methyl/N-ethyl adjacent to an activating group) is 1. The van der Waals surface area contributed by atoms with E-state index in [2.05, 4.69) is 43.4 Å². The van der Waals surface area contributed by atoms with Crippen molar-refractivity contribution < 1.29 is 4.79 Å². The highest BCUT2D eigenvalue weighted by molar-refractivity contribution is 5.88. The number of aryl methyl sites for hydroxylation is 1. The third-order valence-corrected chi connectivity index (χ3v) is 4.25. The molecule has 1 fully saturated rings. The van der Waals surface area contributed by atoms with Crippen LogP contribution in [0.3, 0.4) is 0 Å². The summed E-state index contributed by atoms with van der Waals surface area (Å²) in [7, 11) is 0. The van der Waals surface area contributed by atoms with E-state index >= 15 is 0 Å². The Balaban J connectivity index is 2.30. The maximum atomic E-state index is 12.5. The quantitative estimate of drug-likeness (QED) is 0.903. The Morgan fingerprint density at radius 3 is 2.32 bits per heavy atom. The summed E-state index contributed by atoms with van der Waals surface area (Å²) in [6, 6.07) is 8.57. The molecule has 2 atom stereocenters. The van der Waals surface area contributed by atoms with Crippen LogP contribution in [-0.4, -0.2) is 22.9 Å². The highest BCUT2D eigenvalue weighted by Gasteiger charge is 2.46. The highest BCUT2D eigenvalue weighted by Crippen LogP contribution is 2.32. The average molecular weight is 260 g/mol. The van der Waals surface area contributed by atoms with Crippen molar-refractivity contribution in [3.05, 3.63) is 35.4 Å². The van der Waals surface area contributed by atoms with E-state index in [1.54, 1.807) is 0 Å². The number of amides is 1. The van der Waals surface area contributed by atoms with Crippen molar-refractivity contribution in [3.63, 3.8) is 0 Å². The van der Waals surface area contributed by atoms with Gasteiger partial charge in [-0.15, -0.1) is 0 Å². The first-order valence-electron chi connectivity index (χ1n) is 7.23. The highest BCUT2D eigenvalue weighted by atomic mass is 16.2. The van der Waals surface area contributed by atoms with Gasteiger partial charge < -0.3 is 4.90 Å². The Kier molecular flexibility index (Phi) is 3.95. The predicted octanol–water partition coefficient (Wildman–Crippen LogP) is 2.87. The van der Waals surface area contributed by atoms with Crippen molar-refractivity contribution in [1.29, 1.82) is 0 Å². The summed E-state index contributed by atoms with van der Waals surface area (Å²) in [5, 5.41) is 3.50. The Morgan fingerprint density at radius 1 is 1.21 bits per heavy atom. The lowest BCUT2D eigenvalue weighted by atomic mass is 9.99. The van der Waals surface area contributed by atoms with Crippen LogP contribution in [-0.2, 0) is 11.2 Å². The standard InChI is InChI=1S/C16H24N2O/c1-5-12-8-10-13(11-9-12)14-17-16(4,6-2)15(19)18(14)7-3/h8-11,14,17H,5-7H2,1-4H3. The number of benzene rings is 1. The third-order valence-electron chi connectivity index (χ3n) is 4.25. The molecule has 19 heavy (non-hydrogen) atoms. The van der Waals surface area contributed by atoms with E-state index in [1.807, 2.05) is 18.7 Å². The molecule has 0 aromatic heterocycles. The van der Waals surface area contributed by atoms with Gasteiger partial charge in [-0.05, 0) is 37.8 Å². The fourth-order valence-electron chi connectivity index (χ4n) is 2.65. The van der Waals surface area contributed by atoms with E-state index in [9.17, 15) is 4.79 Å². The summed E-state index contributed by atoms with van der Waals surface area (Å²) in [4.78, 5) is 14.4. The smallest absolute Gasteiger partial charge is 0.244 e. The van der Waals surface area contributed by atoms with E-state index in [0.717, 1.165) is 19.4 Å². The molecule has 1 N–H and O–H groups in total. The summed E-state index contributed by atoms with van der Waals surface area (Å²) in [6.45, 7) is 8.98. The van der Waals surface area contributed by atoms with Crippen LogP contribution >= 0.6 is 0 Å². The lowest BCUT2D eigenvalue weighted by Crippen LogP contribution is -2.42. The number of nitrogens with one attached hydrogen (secondary N) is 1. The van der Waals surface area contributed by atoms with Gasteiger partial charge in [0.25, 0.3) is 0 Å². The molecule has 2 rings (SSSR count). The van der Waals surface area contributed by atoms with E-state index in [4.69, 9.17) is 0 Å². The average Bonchev–Trinajstić information content (AvgIpc) is 2.71. The van der Waals surface area contributed by atoms with Gasteiger partial charge in [0.2, 0.25) is 5.91 Å². The van der Waals surface area contributed by atoms with Crippen molar-refractivity contribution in [2.24, 2.45) is 0 Å². The van der Waals surface area contributed by atoms with Crippen molar-refractivity contribution in [2.45, 2.75) is 52.2 Å². The molecular weight excluding hydrogens is 236 g/mol. The van der Waals surface area contributed by atoms with Gasteiger partial charge in [0, 0.05) is 6.54 Å². The Labute approximate surface area is 116 Å². The number of nitrogens with zero attached hydrogens (tertiary/aromatic N) is 1. The molecule has 0 radical (unpaired) electrons. The molecule has 1 amide bonds. The van der Waals surface area contributed by atoms with E-state index in [0.29, 0.717) is 0 Å². The van der Waals surface area contributed by atoms with Gasteiger partial charge in [-0.2, -0.15) is 0 Å². The molecule has 1 heterocycles. The maximum Gasteiger partial charge on any atom is 0.244 e. The van der Waals surface area contributed by atoms with Gasteiger partial charge in [0.1, 0.15) is 6.17 Å². The topological polar surface area (TPSA) is 32.3 Å². The Morgan fingerprint density at radius 2 is 1.84 bits per heavy atom. The molecule has 104 valence electrons. The van der Waals surface area contributed by atoms with Crippen molar-refractivity contribution in [3.8, 4) is 0 Å². The molecule has 0 bridgehead atoms. The summed E-state index contributed by atoms with van der Waals surface area (Å²) in [6.07, 6.45) is 1.86. The Bertz CT molecular complexity index is 454. The lowest BCUT2D eigenvalue weighted by molar-refractivity contribution is -0.132. The zero-order chi connectivity index (χ0) is 14.0. The van der Waals surface area contributed by atoms with E-state index in [-0.39, 0.29) is 12.1 Å². The first-order valence-corrected chi connectivity index (χ1v) is 7.23. The first-order chi connectivity index (χ1) is 9.05. The van der Waals surface area contributed by atoms with Crippen molar-refractivity contribution >= 4 is 5.91 Å². The zero-order valence-corrected chi connectivity index (χ0v) is 12.4. The number of hydrogen-bond acceptors (Lipinski definition) is 2. The van der Waals surface area contributed by atoms with Crippen LogP contribution < -0.4 is 5.32 Å². The van der Waals surface area contributed by atoms with Crippen LogP contribution in [0.5, 0.6) is 0 Å². The molecular formula is C16H24N2O. The van der Waals surface area contributed by atoms with Crippen LogP contribution in [0.2, 0.25) is 0 Å². The first kappa shape index (κ1) is 14.1. The minimum atomic E-state index is -0.426. The minimum Gasteiger partial charge on any atom is -0.322 e. The normalized spacial score (nSPS) is 27.1. The van der Waals surface area contributed by atoms with Gasteiger partial charge in [-0.3, -0.25) is 10.1 Å². The monoisotopic (exact) mass is 260 g/mol. The van der Waals surface area contributed by atoms with Crippen LogP contribution in [0.1, 0.15) is 51.4 Å². The zero-order valence-electron chi connectivity index (χ0n) is 12.4. The third kappa shape index (κ3) is 2.39. The maximum absolute atomic E-state index is 12.5. The molecule has 0 saturated carbocycles. The Hall–Kier alpha value is -1.35. The van der Waals surface area contributed by atoms with Crippen molar-refractivity contribution in [2.75, 3.05) is 6.54 Å². The lowest BCUT2D eigenvalue weighted by Gasteiger charge is -2.23. The van der Waals surface area contributed by atoms with Gasteiger partial charge in [0.05, 0.1) is 5.54 Å². The van der Waals surface area contributed by atoms with Crippen LogP contribution in [0.15, 0.2) is 24.3 Å². The van der Waals surface area contributed by atoms with Gasteiger partial charge in [0.15, 0.2) is 0 Å². The van der Waals surface area contributed by atoms with Crippen LogP contribution in [0.25, 0.3) is 0 Å². The number of rotatable bonds is 4. The number of hydrogen-bond donors (Lipinski definition) is 1. The van der Waals surface area contributed by atoms with Crippen LogP contribution in [0, 0.1) is 0 Å². The fraction of sp³-hybridized carbons (Fsp3) is 0.562. The molecule has 1 saturated heterocycles. The van der Waals surface area contributed by atoms with Crippen LogP contribution in [0.4, 0.5) is 0 Å². The molecule has 0 aliphatic carbocycles. The van der Waals surface area contributed by atoms with E-state index < -0.39 is 5.54 Å². The summed E-state index contributed by atoms with van der Waals surface area (Å²) >= 11 is 0. The molecule has 1 aromatic carbocycles. The minimum absolute atomic E-state index is 0.00774. The molecule has 2 unspecified atom stereocenters.